The van der Waals surface area contributed by atoms with Gasteiger partial charge in [0.1, 0.15) is 5.60 Å². The van der Waals surface area contributed by atoms with Gasteiger partial charge in [0.15, 0.2) is 5.96 Å². The number of nitrogens with zero attached hydrogens (tertiary/aromatic N) is 3. The molecule has 10 nitrogen and oxygen atoms in total. The van der Waals surface area contributed by atoms with E-state index in [2.05, 4.69) is 20.5 Å². The van der Waals surface area contributed by atoms with E-state index in [4.69, 9.17) is 10.5 Å². The van der Waals surface area contributed by atoms with Gasteiger partial charge < -0.3 is 30.9 Å². The summed E-state index contributed by atoms with van der Waals surface area (Å²) in [5, 5.41) is 5.81. The number of primary amides is 1. The quantitative estimate of drug-likeness (QED) is 0.615. The SMILES string of the molecule is CC(C)(C)OC(=O)N1CCN2C(NCc3ccc(C(=O)NCC(N)=O)cc3)=NCC2C1. The Morgan fingerprint density at radius 1 is 1.19 bits per heavy atom. The van der Waals surface area contributed by atoms with Crippen LogP contribution in [0, 0.1) is 0 Å². The summed E-state index contributed by atoms with van der Waals surface area (Å²) in [5.74, 6) is -0.113. The predicted octanol–water partition coefficient (Wildman–Crippen LogP) is 0.282. The maximum Gasteiger partial charge on any atom is 0.410 e. The van der Waals surface area contributed by atoms with Gasteiger partial charge in [0, 0.05) is 31.7 Å². The Labute approximate surface area is 181 Å². The Morgan fingerprint density at radius 2 is 1.90 bits per heavy atom. The molecule has 0 spiro atoms. The third-order valence-corrected chi connectivity index (χ3v) is 4.95. The number of nitrogens with two attached hydrogens (primary N) is 1. The van der Waals surface area contributed by atoms with Crippen LogP contribution in [0.1, 0.15) is 36.7 Å². The first-order chi connectivity index (χ1) is 14.6. The highest BCUT2D eigenvalue weighted by Crippen LogP contribution is 2.19. The zero-order valence-corrected chi connectivity index (χ0v) is 18.2. The van der Waals surface area contributed by atoms with Crippen LogP contribution in [0.2, 0.25) is 0 Å². The lowest BCUT2D eigenvalue weighted by molar-refractivity contribution is -0.117. The minimum Gasteiger partial charge on any atom is -0.444 e. The van der Waals surface area contributed by atoms with Crippen LogP contribution in [-0.2, 0) is 16.1 Å². The zero-order chi connectivity index (χ0) is 22.6. The third-order valence-electron chi connectivity index (χ3n) is 4.95. The van der Waals surface area contributed by atoms with Gasteiger partial charge in [-0.1, -0.05) is 12.1 Å². The van der Waals surface area contributed by atoms with Gasteiger partial charge in [-0.15, -0.1) is 0 Å². The monoisotopic (exact) mass is 430 g/mol. The van der Waals surface area contributed by atoms with Crippen molar-refractivity contribution < 1.29 is 19.1 Å². The first-order valence-corrected chi connectivity index (χ1v) is 10.3. The van der Waals surface area contributed by atoms with Crippen LogP contribution in [-0.4, -0.2) is 78.0 Å². The van der Waals surface area contributed by atoms with Crippen molar-refractivity contribution in [1.29, 1.82) is 0 Å². The Bertz CT molecular complexity index is 862. The van der Waals surface area contributed by atoms with Crippen LogP contribution in [0.4, 0.5) is 4.79 Å². The molecule has 0 radical (unpaired) electrons. The fraction of sp³-hybridized carbons (Fsp3) is 0.524. The fourth-order valence-electron chi connectivity index (χ4n) is 3.45. The summed E-state index contributed by atoms with van der Waals surface area (Å²) in [7, 11) is 0. The Morgan fingerprint density at radius 3 is 2.55 bits per heavy atom. The molecule has 0 aromatic heterocycles. The van der Waals surface area contributed by atoms with Crippen LogP contribution in [0.3, 0.4) is 0 Å². The van der Waals surface area contributed by atoms with Crippen molar-refractivity contribution in [3.8, 4) is 0 Å². The van der Waals surface area contributed by atoms with E-state index in [1.54, 1.807) is 17.0 Å². The van der Waals surface area contributed by atoms with E-state index in [0.717, 1.165) is 11.5 Å². The average molecular weight is 431 g/mol. The minimum atomic E-state index is -0.586. The van der Waals surface area contributed by atoms with Crippen LogP contribution in [0.15, 0.2) is 29.3 Å². The van der Waals surface area contributed by atoms with Crippen molar-refractivity contribution in [2.45, 2.75) is 39.0 Å². The summed E-state index contributed by atoms with van der Waals surface area (Å²) in [5.41, 5.74) is 5.97. The summed E-state index contributed by atoms with van der Waals surface area (Å²) in [6, 6.07) is 7.23. The number of amides is 3. The lowest BCUT2D eigenvalue weighted by atomic mass is 10.1. The van der Waals surface area contributed by atoms with Crippen LogP contribution >= 0.6 is 0 Å². The lowest BCUT2D eigenvalue weighted by Gasteiger charge is -2.39. The number of carbonyl (C=O) groups excluding carboxylic acids is 3. The molecule has 1 unspecified atom stereocenters. The number of benzene rings is 1. The van der Waals surface area contributed by atoms with Gasteiger partial charge >= 0.3 is 6.09 Å². The molecule has 31 heavy (non-hydrogen) atoms. The molecular weight excluding hydrogens is 400 g/mol. The number of fused-ring (bicyclic) bond motifs is 1. The van der Waals surface area contributed by atoms with Crippen LogP contribution in [0.5, 0.6) is 0 Å². The van der Waals surface area contributed by atoms with E-state index in [0.29, 0.717) is 38.3 Å². The topological polar surface area (TPSA) is 129 Å². The summed E-state index contributed by atoms with van der Waals surface area (Å²) < 4.78 is 5.48. The molecule has 3 rings (SSSR count). The maximum absolute atomic E-state index is 12.3. The second kappa shape index (κ2) is 9.23. The molecule has 168 valence electrons. The standard InChI is InChI=1S/C21H30N6O4/c1-21(2,3)31-20(30)26-8-9-27-16(13-26)11-25-19(27)24-10-14-4-6-15(7-5-14)18(29)23-12-17(22)28/h4-7,16H,8-13H2,1-3H3,(H2,22,28)(H,23,29)(H,24,25). The van der Waals surface area contributed by atoms with Gasteiger partial charge in [0.25, 0.3) is 5.91 Å². The van der Waals surface area contributed by atoms with E-state index in [1.165, 1.54) is 0 Å². The van der Waals surface area contributed by atoms with Crippen LogP contribution in [0.25, 0.3) is 0 Å². The van der Waals surface area contributed by atoms with Gasteiger partial charge in [-0.3, -0.25) is 14.6 Å². The molecule has 2 aliphatic heterocycles. The smallest absolute Gasteiger partial charge is 0.410 e. The molecule has 2 aliphatic rings. The Kier molecular flexibility index (Phi) is 6.67. The molecule has 1 saturated heterocycles. The number of hydrogen-bond donors (Lipinski definition) is 3. The molecule has 1 atom stereocenters. The number of piperazine rings is 1. The molecule has 4 N–H and O–H groups in total. The number of aliphatic imine (C=N–C) groups is 1. The van der Waals surface area contributed by atoms with Crippen molar-refractivity contribution >= 4 is 23.9 Å². The molecule has 2 heterocycles. The largest absolute Gasteiger partial charge is 0.444 e. The lowest BCUT2D eigenvalue weighted by Crippen LogP contribution is -2.57. The second-order valence-corrected chi connectivity index (χ2v) is 8.64. The first-order valence-electron chi connectivity index (χ1n) is 10.3. The summed E-state index contributed by atoms with van der Waals surface area (Å²) in [6.45, 7) is 8.44. The van der Waals surface area contributed by atoms with Gasteiger partial charge in [-0.05, 0) is 38.5 Å². The van der Waals surface area contributed by atoms with Gasteiger partial charge in [0.05, 0.1) is 19.1 Å². The number of hydrogen-bond acceptors (Lipinski definition) is 7. The highest BCUT2D eigenvalue weighted by atomic mass is 16.6. The van der Waals surface area contributed by atoms with Crippen molar-refractivity contribution in [2.24, 2.45) is 10.7 Å². The normalized spacial score (nSPS) is 18.2. The summed E-state index contributed by atoms with van der Waals surface area (Å²) in [4.78, 5) is 43.6. The molecule has 10 heteroatoms. The molecule has 1 fully saturated rings. The van der Waals surface area contributed by atoms with E-state index in [1.807, 2.05) is 32.9 Å². The van der Waals surface area contributed by atoms with E-state index < -0.39 is 11.5 Å². The van der Waals surface area contributed by atoms with Crippen molar-refractivity contribution in [3.05, 3.63) is 35.4 Å². The molecular formula is C21H30N6O4. The molecule has 3 amide bonds. The summed E-state index contributed by atoms with van der Waals surface area (Å²) in [6.07, 6.45) is -0.284. The summed E-state index contributed by atoms with van der Waals surface area (Å²) >= 11 is 0. The second-order valence-electron chi connectivity index (χ2n) is 8.64. The third kappa shape index (κ3) is 6.09. The molecule has 1 aromatic rings. The molecule has 0 saturated carbocycles. The maximum atomic E-state index is 12.3. The highest BCUT2D eigenvalue weighted by Gasteiger charge is 2.36. The molecule has 0 aliphatic carbocycles. The number of guanidine groups is 1. The number of nitrogens with one attached hydrogen (secondary N) is 2. The van der Waals surface area contributed by atoms with E-state index >= 15 is 0 Å². The molecule has 0 bridgehead atoms. The molecule has 1 aromatic carbocycles. The number of ether oxygens (including phenoxy) is 1. The Balaban J connectivity index is 1.48. The van der Waals surface area contributed by atoms with Gasteiger partial charge in [-0.25, -0.2) is 4.79 Å². The van der Waals surface area contributed by atoms with E-state index in [9.17, 15) is 14.4 Å². The number of rotatable bonds is 5. The minimum absolute atomic E-state index is 0.139. The Hall–Kier alpha value is -3.30. The van der Waals surface area contributed by atoms with Crippen molar-refractivity contribution in [2.75, 3.05) is 32.7 Å². The fourth-order valence-corrected chi connectivity index (χ4v) is 3.45. The highest BCUT2D eigenvalue weighted by molar-refractivity contribution is 5.96. The van der Waals surface area contributed by atoms with Gasteiger partial charge in [0.2, 0.25) is 5.91 Å². The van der Waals surface area contributed by atoms with Crippen molar-refractivity contribution in [1.82, 2.24) is 20.4 Å². The number of carbonyl (C=O) groups is 3. The first kappa shape index (κ1) is 22.4. The van der Waals surface area contributed by atoms with Crippen LogP contribution < -0.4 is 16.4 Å². The predicted molar refractivity (Wildman–Crippen MR) is 115 cm³/mol. The zero-order valence-electron chi connectivity index (χ0n) is 18.2. The van der Waals surface area contributed by atoms with Crippen molar-refractivity contribution in [3.63, 3.8) is 0 Å². The van der Waals surface area contributed by atoms with Gasteiger partial charge in [-0.2, -0.15) is 0 Å². The van der Waals surface area contributed by atoms with E-state index in [-0.39, 0.29) is 24.6 Å². The average Bonchev–Trinajstić information content (AvgIpc) is 3.12.